The average molecular weight is 515 g/mol. The summed E-state index contributed by atoms with van der Waals surface area (Å²) in [5.41, 5.74) is 11.6. The Labute approximate surface area is 203 Å². The Morgan fingerprint density at radius 2 is 1.61 bits per heavy atom. The summed E-state index contributed by atoms with van der Waals surface area (Å²) < 4.78 is 6.52. The molecule has 0 amide bonds. The van der Waals surface area contributed by atoms with E-state index in [1.807, 2.05) is 91.0 Å². The Morgan fingerprint density at radius 3 is 2.33 bits per heavy atom. The van der Waals surface area contributed by atoms with Crippen molar-refractivity contribution in [1.29, 1.82) is 0 Å². The molecule has 5 rings (SSSR count). The third kappa shape index (κ3) is 4.40. The zero-order valence-corrected chi connectivity index (χ0v) is 19.9. The normalized spacial score (nSPS) is 10.9. The molecule has 2 heterocycles. The van der Waals surface area contributed by atoms with Gasteiger partial charge in [0.05, 0.1) is 11.4 Å². The van der Waals surface area contributed by atoms with Crippen molar-refractivity contribution in [1.82, 2.24) is 4.98 Å². The zero-order valence-electron chi connectivity index (χ0n) is 17.5. The number of nitrogens with zero attached hydrogens (tertiary/aromatic N) is 1. The highest BCUT2D eigenvalue weighted by atomic mass is 79.9. The first kappa shape index (κ1) is 21.4. The quantitative estimate of drug-likeness (QED) is 0.249. The molecule has 2 N–H and O–H groups in total. The number of benzene rings is 3. The number of fused-ring (bicyclic) bond motifs is 1. The van der Waals surface area contributed by atoms with Gasteiger partial charge in [0, 0.05) is 15.4 Å². The first-order valence-corrected chi connectivity index (χ1v) is 12.0. The van der Waals surface area contributed by atoms with Gasteiger partial charge in [0.15, 0.2) is 0 Å². The molecule has 2 aromatic heterocycles. The van der Waals surface area contributed by atoms with Crippen molar-refractivity contribution in [2.24, 2.45) is 0 Å². The number of rotatable bonds is 5. The van der Waals surface area contributed by atoms with E-state index in [4.69, 9.17) is 15.5 Å². The minimum atomic E-state index is -0.444. The standard InChI is InChI=1S/C27H19BrN2O2S/c28-20-13-7-12-19(14-20)21-15-22(18-10-5-2-6-11-18)30-26-23(21)24(29)25(33-26)27(31)32-16-17-8-3-1-4-9-17/h1-15H,16,29H2. The van der Waals surface area contributed by atoms with E-state index in [1.165, 1.54) is 11.3 Å². The zero-order chi connectivity index (χ0) is 22.8. The lowest BCUT2D eigenvalue weighted by Gasteiger charge is -2.09. The average Bonchev–Trinajstić information content (AvgIpc) is 3.19. The van der Waals surface area contributed by atoms with E-state index >= 15 is 0 Å². The van der Waals surface area contributed by atoms with Gasteiger partial charge < -0.3 is 10.5 Å². The molecule has 0 aliphatic heterocycles. The highest BCUT2D eigenvalue weighted by molar-refractivity contribution is 9.10. The van der Waals surface area contributed by atoms with E-state index in [-0.39, 0.29) is 6.61 Å². The Morgan fingerprint density at radius 1 is 0.909 bits per heavy atom. The number of hydrogen-bond acceptors (Lipinski definition) is 5. The maximum Gasteiger partial charge on any atom is 0.350 e. The summed E-state index contributed by atoms with van der Waals surface area (Å²) in [6, 6.07) is 29.6. The van der Waals surface area contributed by atoms with Crippen LogP contribution in [0.5, 0.6) is 0 Å². The second-order valence-electron chi connectivity index (χ2n) is 7.52. The first-order chi connectivity index (χ1) is 16.1. The highest BCUT2D eigenvalue weighted by Crippen LogP contribution is 2.42. The molecule has 0 spiro atoms. The van der Waals surface area contributed by atoms with Gasteiger partial charge in [-0.05, 0) is 34.9 Å². The smallest absolute Gasteiger partial charge is 0.350 e. The molecule has 0 bridgehead atoms. The Bertz CT molecular complexity index is 1450. The number of carbonyl (C=O) groups excluding carboxylic acids is 1. The molecule has 0 saturated heterocycles. The molecule has 4 nitrogen and oxygen atoms in total. The summed E-state index contributed by atoms with van der Waals surface area (Å²) in [5.74, 6) is -0.444. The lowest BCUT2D eigenvalue weighted by atomic mass is 9.99. The molecule has 0 radical (unpaired) electrons. The Kier molecular flexibility index (Phi) is 5.94. The van der Waals surface area contributed by atoms with E-state index in [0.717, 1.165) is 37.8 Å². The van der Waals surface area contributed by atoms with Crippen molar-refractivity contribution in [3.63, 3.8) is 0 Å². The lowest BCUT2D eigenvalue weighted by Crippen LogP contribution is -2.05. The van der Waals surface area contributed by atoms with Gasteiger partial charge in [-0.1, -0.05) is 88.7 Å². The fourth-order valence-electron chi connectivity index (χ4n) is 3.70. The number of aromatic nitrogens is 1. The van der Waals surface area contributed by atoms with E-state index < -0.39 is 5.97 Å². The molecule has 3 aromatic carbocycles. The molecule has 0 aliphatic carbocycles. The summed E-state index contributed by atoms with van der Waals surface area (Å²) in [6.07, 6.45) is 0. The number of halogens is 1. The van der Waals surface area contributed by atoms with Crippen molar-refractivity contribution < 1.29 is 9.53 Å². The molecular formula is C27H19BrN2O2S. The summed E-state index contributed by atoms with van der Waals surface area (Å²) in [7, 11) is 0. The van der Waals surface area contributed by atoms with Gasteiger partial charge >= 0.3 is 5.97 Å². The summed E-state index contributed by atoms with van der Waals surface area (Å²) in [4.78, 5) is 18.9. The summed E-state index contributed by atoms with van der Waals surface area (Å²) in [6.45, 7) is 0.189. The Balaban J connectivity index is 1.62. The van der Waals surface area contributed by atoms with Crippen molar-refractivity contribution in [3.8, 4) is 22.4 Å². The van der Waals surface area contributed by atoms with Crippen LogP contribution in [0.25, 0.3) is 32.6 Å². The second-order valence-corrected chi connectivity index (χ2v) is 9.43. The first-order valence-electron chi connectivity index (χ1n) is 10.4. The van der Waals surface area contributed by atoms with Crippen LogP contribution in [-0.2, 0) is 11.3 Å². The highest BCUT2D eigenvalue weighted by Gasteiger charge is 2.22. The topological polar surface area (TPSA) is 65.2 Å². The minimum absolute atomic E-state index is 0.189. The van der Waals surface area contributed by atoms with Crippen LogP contribution in [-0.4, -0.2) is 11.0 Å². The fourth-order valence-corrected chi connectivity index (χ4v) is 5.11. The maximum absolute atomic E-state index is 12.9. The third-order valence-electron chi connectivity index (χ3n) is 5.30. The van der Waals surface area contributed by atoms with E-state index in [1.54, 1.807) is 0 Å². The molecule has 6 heteroatoms. The van der Waals surface area contributed by atoms with Gasteiger partial charge in [0.25, 0.3) is 0 Å². The number of hydrogen-bond donors (Lipinski definition) is 1. The van der Waals surface area contributed by atoms with Crippen LogP contribution < -0.4 is 5.73 Å². The van der Waals surface area contributed by atoms with Gasteiger partial charge in [-0.15, -0.1) is 11.3 Å². The van der Waals surface area contributed by atoms with Gasteiger partial charge in [-0.3, -0.25) is 0 Å². The third-order valence-corrected chi connectivity index (χ3v) is 6.87. The minimum Gasteiger partial charge on any atom is -0.457 e. The number of nitrogens with two attached hydrogens (primary N) is 1. The lowest BCUT2D eigenvalue weighted by molar-refractivity contribution is 0.0480. The van der Waals surface area contributed by atoms with Gasteiger partial charge in [-0.2, -0.15) is 0 Å². The molecule has 162 valence electrons. The number of pyridine rings is 1. The van der Waals surface area contributed by atoms with Gasteiger partial charge in [-0.25, -0.2) is 9.78 Å². The van der Waals surface area contributed by atoms with Crippen LogP contribution >= 0.6 is 27.3 Å². The van der Waals surface area contributed by atoms with Crippen molar-refractivity contribution in [2.45, 2.75) is 6.61 Å². The number of thiophene rings is 1. The van der Waals surface area contributed by atoms with Crippen LogP contribution in [0, 0.1) is 0 Å². The van der Waals surface area contributed by atoms with Gasteiger partial charge in [0.1, 0.15) is 16.3 Å². The molecule has 0 saturated carbocycles. The van der Waals surface area contributed by atoms with Crippen LogP contribution in [0.4, 0.5) is 5.69 Å². The molecule has 5 aromatic rings. The number of nitrogen functional groups attached to an aromatic ring is 1. The molecule has 0 fully saturated rings. The van der Waals surface area contributed by atoms with Crippen molar-refractivity contribution in [3.05, 3.63) is 106 Å². The largest absolute Gasteiger partial charge is 0.457 e. The van der Waals surface area contributed by atoms with E-state index in [9.17, 15) is 4.79 Å². The molecular weight excluding hydrogens is 496 g/mol. The number of anilines is 1. The predicted molar refractivity (Wildman–Crippen MR) is 138 cm³/mol. The molecule has 0 unspecified atom stereocenters. The van der Waals surface area contributed by atoms with Crippen molar-refractivity contribution >= 4 is 49.1 Å². The summed E-state index contributed by atoms with van der Waals surface area (Å²) in [5, 5.41) is 0.768. The number of carbonyl (C=O) groups is 1. The van der Waals surface area contributed by atoms with Crippen LogP contribution in [0.2, 0.25) is 0 Å². The monoisotopic (exact) mass is 514 g/mol. The Hall–Kier alpha value is -3.48. The number of ether oxygens (including phenoxy) is 1. The van der Waals surface area contributed by atoms with Crippen molar-refractivity contribution in [2.75, 3.05) is 5.73 Å². The van der Waals surface area contributed by atoms with Gasteiger partial charge in [0.2, 0.25) is 0 Å². The van der Waals surface area contributed by atoms with Crippen LogP contribution in [0.15, 0.2) is 95.5 Å². The maximum atomic E-state index is 12.9. The van der Waals surface area contributed by atoms with E-state index in [0.29, 0.717) is 15.4 Å². The SMILES string of the molecule is Nc1c(C(=O)OCc2ccccc2)sc2nc(-c3ccccc3)cc(-c3cccc(Br)c3)c12. The summed E-state index contributed by atoms with van der Waals surface area (Å²) >= 11 is 4.82. The predicted octanol–water partition coefficient (Wildman–Crippen LogP) is 7.33. The fraction of sp³-hybridized carbons (Fsp3) is 0.0370. The molecule has 0 atom stereocenters. The molecule has 33 heavy (non-hydrogen) atoms. The number of esters is 1. The van der Waals surface area contributed by atoms with Crippen LogP contribution in [0.1, 0.15) is 15.2 Å². The molecule has 0 aliphatic rings. The second kappa shape index (κ2) is 9.17. The van der Waals surface area contributed by atoms with E-state index in [2.05, 4.69) is 15.9 Å². The van der Waals surface area contributed by atoms with Crippen LogP contribution in [0.3, 0.4) is 0 Å².